The van der Waals surface area contributed by atoms with Crippen molar-refractivity contribution in [3.8, 4) is 5.75 Å². The van der Waals surface area contributed by atoms with Gasteiger partial charge < -0.3 is 15.2 Å². The monoisotopic (exact) mass is 330 g/mol. The summed E-state index contributed by atoms with van der Waals surface area (Å²) in [6.45, 7) is 4.58. The maximum Gasteiger partial charge on any atom is 0.123 e. The third-order valence-corrected chi connectivity index (χ3v) is 6.29. The molecule has 3 aliphatic rings. The molecule has 4 rings (SSSR count). The average Bonchev–Trinajstić information content (AvgIpc) is 3.20. The first-order valence-corrected chi connectivity index (χ1v) is 9.57. The van der Waals surface area contributed by atoms with Crippen LogP contribution in [0.3, 0.4) is 0 Å². The van der Waals surface area contributed by atoms with Crippen molar-refractivity contribution >= 4 is 0 Å². The number of nitrogens with one attached hydrogen (secondary N) is 1. The normalized spacial score (nSPS) is 31.3. The van der Waals surface area contributed by atoms with Crippen molar-refractivity contribution in [1.82, 2.24) is 10.2 Å². The summed E-state index contributed by atoms with van der Waals surface area (Å²) in [5.41, 5.74) is 1.27. The maximum atomic E-state index is 9.69. The molecule has 2 aliphatic heterocycles. The van der Waals surface area contributed by atoms with Gasteiger partial charge in [0.2, 0.25) is 0 Å². The second-order valence-electron chi connectivity index (χ2n) is 8.06. The van der Waals surface area contributed by atoms with Gasteiger partial charge in [-0.3, -0.25) is 4.90 Å². The Bertz CT molecular complexity index is 549. The highest BCUT2D eigenvalue weighted by Gasteiger charge is 2.42. The molecule has 1 aromatic carbocycles. The van der Waals surface area contributed by atoms with E-state index in [1.54, 1.807) is 0 Å². The average molecular weight is 330 g/mol. The molecule has 1 aromatic rings. The van der Waals surface area contributed by atoms with E-state index in [2.05, 4.69) is 34.5 Å². The number of piperidine rings is 1. The number of aliphatic hydroxyl groups excluding tert-OH is 1. The topological polar surface area (TPSA) is 44.7 Å². The van der Waals surface area contributed by atoms with Crippen LogP contribution in [0.15, 0.2) is 24.3 Å². The Hall–Kier alpha value is -1.10. The van der Waals surface area contributed by atoms with Crippen LogP contribution in [-0.4, -0.2) is 47.4 Å². The molecule has 0 amide bonds. The number of fused-ring (bicyclic) bond motifs is 2. The minimum Gasteiger partial charge on any atom is -0.486 e. The second-order valence-corrected chi connectivity index (χ2v) is 8.06. The molecule has 4 heteroatoms. The third kappa shape index (κ3) is 3.32. The van der Waals surface area contributed by atoms with E-state index in [1.807, 2.05) is 0 Å². The van der Waals surface area contributed by atoms with Gasteiger partial charge in [-0.2, -0.15) is 0 Å². The first kappa shape index (κ1) is 16.4. The van der Waals surface area contributed by atoms with Gasteiger partial charge in [-0.25, -0.2) is 0 Å². The van der Waals surface area contributed by atoms with Gasteiger partial charge in [-0.1, -0.05) is 25.0 Å². The third-order valence-electron chi connectivity index (χ3n) is 6.29. The Kier molecular flexibility index (Phi) is 4.54. The molecule has 24 heavy (non-hydrogen) atoms. The highest BCUT2D eigenvalue weighted by Crippen LogP contribution is 2.35. The van der Waals surface area contributed by atoms with Gasteiger partial charge in [-0.05, 0) is 49.9 Å². The number of benzene rings is 1. The molecule has 0 radical (unpaired) electrons. The molecule has 2 unspecified atom stereocenters. The summed E-state index contributed by atoms with van der Waals surface area (Å²) in [4.78, 5) is 2.53. The standard InChI is InChI=1S/C20H30N2O2/c23-16-19(8-1-2-9-19)21-14-17-4-6-18(7-5-17)24-20-10-3-12-22(15-20)13-11-20/h4-7,21,23H,1-3,8-16H2. The van der Waals surface area contributed by atoms with Gasteiger partial charge in [-0.15, -0.1) is 0 Å². The first-order valence-electron chi connectivity index (χ1n) is 9.57. The first-order chi connectivity index (χ1) is 11.7. The van der Waals surface area contributed by atoms with E-state index in [4.69, 9.17) is 4.74 Å². The Labute approximate surface area is 145 Å². The molecule has 1 saturated carbocycles. The molecular weight excluding hydrogens is 300 g/mol. The Morgan fingerprint density at radius 3 is 2.54 bits per heavy atom. The van der Waals surface area contributed by atoms with E-state index >= 15 is 0 Å². The van der Waals surface area contributed by atoms with Crippen LogP contribution in [0, 0.1) is 0 Å². The van der Waals surface area contributed by atoms with E-state index in [-0.39, 0.29) is 17.7 Å². The van der Waals surface area contributed by atoms with Gasteiger partial charge >= 0.3 is 0 Å². The van der Waals surface area contributed by atoms with Crippen LogP contribution in [-0.2, 0) is 6.54 Å². The SMILES string of the molecule is OCC1(NCc2ccc(OC34CCCN(CC3)C4)cc2)CCCC1. The minimum atomic E-state index is -0.0520. The second kappa shape index (κ2) is 6.66. The van der Waals surface area contributed by atoms with E-state index in [0.717, 1.165) is 38.1 Å². The summed E-state index contributed by atoms with van der Waals surface area (Å²) in [5, 5.41) is 13.3. The van der Waals surface area contributed by atoms with Crippen molar-refractivity contribution in [3.63, 3.8) is 0 Å². The highest BCUT2D eigenvalue weighted by atomic mass is 16.5. The van der Waals surface area contributed by atoms with Gasteiger partial charge in [0, 0.05) is 31.6 Å². The fraction of sp³-hybridized carbons (Fsp3) is 0.700. The fourth-order valence-electron chi connectivity index (χ4n) is 4.74. The quantitative estimate of drug-likeness (QED) is 0.842. The smallest absolute Gasteiger partial charge is 0.123 e. The zero-order valence-corrected chi connectivity index (χ0v) is 14.6. The Morgan fingerprint density at radius 1 is 1.00 bits per heavy atom. The van der Waals surface area contributed by atoms with E-state index < -0.39 is 0 Å². The Morgan fingerprint density at radius 2 is 1.79 bits per heavy atom. The van der Waals surface area contributed by atoms with Crippen LogP contribution in [0.5, 0.6) is 5.75 Å². The van der Waals surface area contributed by atoms with Crippen molar-refractivity contribution in [2.45, 2.75) is 62.6 Å². The zero-order chi connectivity index (χ0) is 16.5. The van der Waals surface area contributed by atoms with E-state index in [1.165, 1.54) is 44.3 Å². The molecule has 2 saturated heterocycles. The van der Waals surface area contributed by atoms with Gasteiger partial charge in [0.05, 0.1) is 6.61 Å². The molecule has 0 spiro atoms. The molecular formula is C20H30N2O2. The molecule has 4 nitrogen and oxygen atoms in total. The minimum absolute atomic E-state index is 0.0520. The van der Waals surface area contributed by atoms with Crippen LogP contribution in [0.2, 0.25) is 0 Å². The lowest BCUT2D eigenvalue weighted by Gasteiger charge is -2.34. The zero-order valence-electron chi connectivity index (χ0n) is 14.6. The molecule has 1 aliphatic carbocycles. The Balaban J connectivity index is 1.35. The molecule has 3 fully saturated rings. The van der Waals surface area contributed by atoms with E-state index in [9.17, 15) is 5.11 Å². The summed E-state index contributed by atoms with van der Waals surface area (Å²) >= 11 is 0. The molecule has 0 aromatic heterocycles. The van der Waals surface area contributed by atoms with Crippen molar-refractivity contribution in [3.05, 3.63) is 29.8 Å². The number of aliphatic hydroxyl groups is 1. The number of hydrogen-bond acceptors (Lipinski definition) is 4. The van der Waals surface area contributed by atoms with Crippen molar-refractivity contribution < 1.29 is 9.84 Å². The van der Waals surface area contributed by atoms with E-state index in [0.29, 0.717) is 0 Å². The molecule has 2 N–H and O–H groups in total. The lowest BCUT2D eigenvalue weighted by atomic mass is 9.94. The fourth-order valence-corrected chi connectivity index (χ4v) is 4.74. The predicted molar refractivity (Wildman–Crippen MR) is 95.2 cm³/mol. The largest absolute Gasteiger partial charge is 0.486 e. The number of hydrogen-bond donors (Lipinski definition) is 2. The number of ether oxygens (including phenoxy) is 1. The summed E-state index contributed by atoms with van der Waals surface area (Å²) in [6, 6.07) is 8.55. The number of rotatable bonds is 6. The van der Waals surface area contributed by atoms with Crippen molar-refractivity contribution in [1.29, 1.82) is 0 Å². The van der Waals surface area contributed by atoms with Gasteiger partial charge in [0.1, 0.15) is 11.4 Å². The molecule has 2 bridgehead atoms. The van der Waals surface area contributed by atoms with Crippen LogP contribution in [0.1, 0.15) is 50.5 Å². The summed E-state index contributed by atoms with van der Waals surface area (Å²) in [7, 11) is 0. The highest BCUT2D eigenvalue weighted by molar-refractivity contribution is 5.28. The van der Waals surface area contributed by atoms with Crippen molar-refractivity contribution in [2.75, 3.05) is 26.2 Å². The van der Waals surface area contributed by atoms with Crippen LogP contribution < -0.4 is 10.1 Å². The van der Waals surface area contributed by atoms with Crippen LogP contribution in [0.25, 0.3) is 0 Å². The molecule has 2 heterocycles. The number of nitrogens with zero attached hydrogens (tertiary/aromatic N) is 1. The predicted octanol–water partition coefficient (Wildman–Crippen LogP) is 2.70. The maximum absolute atomic E-state index is 9.69. The molecule has 2 atom stereocenters. The summed E-state index contributed by atoms with van der Waals surface area (Å²) in [5.74, 6) is 1.00. The summed E-state index contributed by atoms with van der Waals surface area (Å²) in [6.07, 6.45) is 8.22. The summed E-state index contributed by atoms with van der Waals surface area (Å²) < 4.78 is 6.41. The lowest BCUT2D eigenvalue weighted by Crippen LogP contribution is -2.45. The van der Waals surface area contributed by atoms with Gasteiger partial charge in [0.25, 0.3) is 0 Å². The van der Waals surface area contributed by atoms with Gasteiger partial charge in [0.15, 0.2) is 0 Å². The van der Waals surface area contributed by atoms with Crippen LogP contribution in [0.4, 0.5) is 0 Å². The van der Waals surface area contributed by atoms with Crippen molar-refractivity contribution in [2.24, 2.45) is 0 Å². The lowest BCUT2D eigenvalue weighted by molar-refractivity contribution is 0.0453. The van der Waals surface area contributed by atoms with Crippen LogP contribution >= 0.6 is 0 Å². The molecule has 132 valence electrons.